The quantitative estimate of drug-likeness (QED) is 0.627. The van der Waals surface area contributed by atoms with Gasteiger partial charge in [-0.15, -0.1) is 0 Å². The molecule has 10 heteroatoms. The number of rotatable bonds is 7. The van der Waals surface area contributed by atoms with Crippen molar-refractivity contribution in [3.63, 3.8) is 0 Å². The molecule has 0 radical (unpaired) electrons. The van der Waals surface area contributed by atoms with E-state index >= 15 is 0 Å². The Morgan fingerprint density at radius 2 is 2.06 bits per heavy atom. The molecule has 0 unspecified atom stereocenters. The number of sulfonamides is 1. The Morgan fingerprint density at radius 3 is 2.68 bits per heavy atom. The predicted molar refractivity (Wildman–Crippen MR) is 113 cm³/mol. The van der Waals surface area contributed by atoms with Crippen LogP contribution in [0.3, 0.4) is 0 Å². The number of amides is 1. The van der Waals surface area contributed by atoms with Gasteiger partial charge in [0.15, 0.2) is 0 Å². The molecule has 0 spiro atoms. The molecular formula is C21H22ClFN4O3S. The van der Waals surface area contributed by atoms with Crippen LogP contribution in [-0.2, 0) is 21.4 Å². The first-order valence-corrected chi connectivity index (χ1v) is 11.6. The van der Waals surface area contributed by atoms with Crippen molar-refractivity contribution in [2.75, 3.05) is 19.6 Å². The van der Waals surface area contributed by atoms with E-state index < -0.39 is 15.8 Å². The van der Waals surface area contributed by atoms with E-state index in [2.05, 4.69) is 11.1 Å². The van der Waals surface area contributed by atoms with E-state index in [-0.39, 0.29) is 41.3 Å². The molecular weight excluding hydrogens is 443 g/mol. The summed E-state index contributed by atoms with van der Waals surface area (Å²) in [6, 6.07) is 9.02. The molecule has 1 amide bonds. The van der Waals surface area contributed by atoms with Crippen LogP contribution in [0.5, 0.6) is 0 Å². The largest absolute Gasteiger partial charge is 0.337 e. The van der Waals surface area contributed by atoms with E-state index in [1.54, 1.807) is 23.4 Å². The molecule has 0 N–H and O–H groups in total. The Labute approximate surface area is 186 Å². The first kappa shape index (κ1) is 23.1. The summed E-state index contributed by atoms with van der Waals surface area (Å²) in [5.41, 5.74) is 0.863. The van der Waals surface area contributed by atoms with E-state index in [9.17, 15) is 17.6 Å². The number of nitriles is 1. The van der Waals surface area contributed by atoms with Crippen LogP contribution in [0.1, 0.15) is 24.8 Å². The third kappa shape index (κ3) is 5.58. The molecule has 7 nitrogen and oxygen atoms in total. The minimum Gasteiger partial charge on any atom is -0.337 e. The number of benzene rings is 1. The maximum Gasteiger partial charge on any atom is 0.243 e. The minimum absolute atomic E-state index is 0.0732. The van der Waals surface area contributed by atoms with Crippen molar-refractivity contribution in [3.05, 3.63) is 59.1 Å². The standard InChI is InChI=1S/C21H22ClFN4O3S/c22-19-13-18(4-5-20(19)23)31(29,30)27-11-6-17(7-12-27)21(28)26(10-2-8-24)15-16-3-1-9-25-14-16/h1,3-5,9,13-14,17H,2,6-7,10-12,15H2. The zero-order valence-corrected chi connectivity index (χ0v) is 18.3. The van der Waals surface area contributed by atoms with Gasteiger partial charge < -0.3 is 4.90 Å². The van der Waals surface area contributed by atoms with Crippen LogP contribution in [0.2, 0.25) is 5.02 Å². The summed E-state index contributed by atoms with van der Waals surface area (Å²) in [4.78, 5) is 18.7. The number of pyridine rings is 1. The maximum absolute atomic E-state index is 13.4. The lowest BCUT2D eigenvalue weighted by molar-refractivity contribution is -0.137. The number of aromatic nitrogens is 1. The number of carbonyl (C=O) groups is 1. The van der Waals surface area contributed by atoms with Crippen molar-refractivity contribution in [3.8, 4) is 6.07 Å². The van der Waals surface area contributed by atoms with Crippen molar-refractivity contribution >= 4 is 27.5 Å². The summed E-state index contributed by atoms with van der Waals surface area (Å²) in [5, 5.41) is 8.68. The fourth-order valence-corrected chi connectivity index (χ4v) is 5.29. The smallest absolute Gasteiger partial charge is 0.243 e. The summed E-state index contributed by atoms with van der Waals surface area (Å²) < 4.78 is 40.4. The summed E-state index contributed by atoms with van der Waals surface area (Å²) in [5.74, 6) is -1.12. The SMILES string of the molecule is N#CCCN(Cc1cccnc1)C(=O)C1CCN(S(=O)(=O)c2ccc(F)c(Cl)c2)CC1. The highest BCUT2D eigenvalue weighted by molar-refractivity contribution is 7.89. The topological polar surface area (TPSA) is 94.4 Å². The van der Waals surface area contributed by atoms with Gasteiger partial charge in [-0.2, -0.15) is 9.57 Å². The fourth-order valence-electron chi connectivity index (χ4n) is 3.55. The van der Waals surface area contributed by atoms with Gasteiger partial charge >= 0.3 is 0 Å². The minimum atomic E-state index is -3.83. The van der Waals surface area contributed by atoms with Gasteiger partial charge in [-0.3, -0.25) is 9.78 Å². The van der Waals surface area contributed by atoms with E-state index in [1.807, 2.05) is 6.07 Å². The third-order valence-electron chi connectivity index (χ3n) is 5.23. The highest BCUT2D eigenvalue weighted by Crippen LogP contribution is 2.27. The summed E-state index contributed by atoms with van der Waals surface area (Å²) in [6.07, 6.45) is 4.27. The Morgan fingerprint density at radius 1 is 1.32 bits per heavy atom. The molecule has 0 aliphatic carbocycles. The number of nitrogens with zero attached hydrogens (tertiary/aromatic N) is 4. The molecule has 31 heavy (non-hydrogen) atoms. The van der Waals surface area contributed by atoms with E-state index in [0.29, 0.717) is 25.9 Å². The second-order valence-corrected chi connectivity index (χ2v) is 9.63. The lowest BCUT2D eigenvalue weighted by Gasteiger charge is -2.33. The van der Waals surface area contributed by atoms with Crippen LogP contribution in [0.4, 0.5) is 4.39 Å². The lowest BCUT2D eigenvalue weighted by Crippen LogP contribution is -2.44. The van der Waals surface area contributed by atoms with Crippen molar-refractivity contribution in [1.82, 2.24) is 14.2 Å². The van der Waals surface area contributed by atoms with Gasteiger partial charge in [0.2, 0.25) is 15.9 Å². The first-order valence-electron chi connectivity index (χ1n) is 9.82. The third-order valence-corrected chi connectivity index (χ3v) is 7.42. The van der Waals surface area contributed by atoms with Gasteiger partial charge in [-0.05, 0) is 42.7 Å². The molecule has 1 saturated heterocycles. The number of carbonyl (C=O) groups excluding carboxylic acids is 1. The van der Waals surface area contributed by atoms with Crippen LogP contribution in [0, 0.1) is 23.1 Å². The van der Waals surface area contributed by atoms with Crippen molar-refractivity contribution in [2.24, 2.45) is 5.92 Å². The molecule has 0 saturated carbocycles. The van der Waals surface area contributed by atoms with Crippen molar-refractivity contribution in [2.45, 2.75) is 30.7 Å². The molecule has 1 aliphatic heterocycles. The normalized spacial score (nSPS) is 15.4. The van der Waals surface area contributed by atoms with E-state index in [0.717, 1.165) is 17.7 Å². The highest BCUT2D eigenvalue weighted by atomic mass is 35.5. The number of hydrogen-bond donors (Lipinski definition) is 0. The van der Waals surface area contributed by atoms with E-state index in [4.69, 9.17) is 16.9 Å². The Bertz CT molecular complexity index is 1070. The molecule has 1 aromatic heterocycles. The van der Waals surface area contributed by atoms with Gasteiger partial charge in [0.1, 0.15) is 5.82 Å². The molecule has 1 aromatic carbocycles. The Hall–Kier alpha value is -2.54. The van der Waals surface area contributed by atoms with Crippen LogP contribution in [0.25, 0.3) is 0 Å². The molecule has 1 aliphatic rings. The lowest BCUT2D eigenvalue weighted by atomic mass is 9.96. The molecule has 164 valence electrons. The first-order chi connectivity index (χ1) is 14.8. The van der Waals surface area contributed by atoms with E-state index in [1.165, 1.54) is 10.4 Å². The molecule has 2 heterocycles. The zero-order chi connectivity index (χ0) is 22.4. The number of piperidine rings is 1. The average molecular weight is 465 g/mol. The summed E-state index contributed by atoms with van der Waals surface area (Å²) in [7, 11) is -3.83. The predicted octanol–water partition coefficient (Wildman–Crippen LogP) is 3.22. The van der Waals surface area contributed by atoms with Crippen LogP contribution >= 0.6 is 11.6 Å². The summed E-state index contributed by atoms with van der Waals surface area (Å²) >= 11 is 5.73. The molecule has 0 atom stereocenters. The summed E-state index contributed by atoms with van der Waals surface area (Å²) in [6.45, 7) is 0.997. The highest BCUT2D eigenvalue weighted by Gasteiger charge is 2.34. The van der Waals surface area contributed by atoms with Crippen molar-refractivity contribution < 1.29 is 17.6 Å². The van der Waals surface area contributed by atoms with Gasteiger partial charge in [0, 0.05) is 44.5 Å². The van der Waals surface area contributed by atoms with Crippen LogP contribution < -0.4 is 0 Å². The van der Waals surface area contributed by atoms with Crippen molar-refractivity contribution in [1.29, 1.82) is 5.26 Å². The van der Waals surface area contributed by atoms with Crippen LogP contribution in [-0.4, -0.2) is 48.1 Å². The van der Waals surface area contributed by atoms with Gasteiger partial charge in [0.25, 0.3) is 0 Å². The van der Waals surface area contributed by atoms with Gasteiger partial charge in [0.05, 0.1) is 22.4 Å². The molecule has 3 rings (SSSR count). The fraction of sp³-hybridized carbons (Fsp3) is 0.381. The van der Waals surface area contributed by atoms with Crippen LogP contribution in [0.15, 0.2) is 47.6 Å². The number of halogens is 2. The maximum atomic E-state index is 13.4. The Balaban J connectivity index is 1.67. The average Bonchev–Trinajstić information content (AvgIpc) is 2.78. The van der Waals surface area contributed by atoms with Gasteiger partial charge in [-0.25, -0.2) is 12.8 Å². The molecule has 1 fully saturated rings. The number of hydrogen-bond acceptors (Lipinski definition) is 5. The van der Waals surface area contributed by atoms with Gasteiger partial charge in [-0.1, -0.05) is 17.7 Å². The molecule has 2 aromatic rings. The Kier molecular flexibility index (Phi) is 7.59. The zero-order valence-electron chi connectivity index (χ0n) is 16.7. The monoisotopic (exact) mass is 464 g/mol. The molecule has 0 bridgehead atoms. The second kappa shape index (κ2) is 10.2. The second-order valence-electron chi connectivity index (χ2n) is 7.28.